The van der Waals surface area contributed by atoms with Gasteiger partial charge >= 0.3 is 6.18 Å². The number of ether oxygens (including phenoxy) is 1. The summed E-state index contributed by atoms with van der Waals surface area (Å²) >= 11 is 5.90. The van der Waals surface area contributed by atoms with Gasteiger partial charge in [0.05, 0.1) is 21.2 Å². The van der Waals surface area contributed by atoms with E-state index in [1.165, 1.54) is 0 Å². The van der Waals surface area contributed by atoms with E-state index in [-0.39, 0.29) is 10.8 Å². The Bertz CT molecular complexity index is 856. The van der Waals surface area contributed by atoms with Gasteiger partial charge in [0.2, 0.25) is 0 Å². The van der Waals surface area contributed by atoms with Crippen LogP contribution in [0.2, 0.25) is 5.02 Å². The molecule has 0 aliphatic heterocycles. The molecule has 0 saturated heterocycles. The Morgan fingerprint density at radius 2 is 1.96 bits per heavy atom. The van der Waals surface area contributed by atoms with Crippen LogP contribution in [-0.4, -0.2) is 17.4 Å². The van der Waals surface area contributed by atoms with Crippen LogP contribution >= 0.6 is 11.6 Å². The fourth-order valence-electron chi connectivity index (χ4n) is 2.04. The third-order valence-electron chi connectivity index (χ3n) is 3.24. The number of carbonyl (C=O) groups excluding carboxylic acids is 1. The van der Waals surface area contributed by atoms with Crippen molar-refractivity contribution in [2.75, 3.05) is 11.9 Å². The number of nitrogens with one attached hydrogen (secondary N) is 1. The maximum atomic E-state index is 13.1. The van der Waals surface area contributed by atoms with Crippen LogP contribution in [-0.2, 0) is 11.0 Å². The summed E-state index contributed by atoms with van der Waals surface area (Å²) in [5.41, 5.74) is -1.85. The van der Waals surface area contributed by atoms with Crippen LogP contribution in [0.25, 0.3) is 0 Å². The average molecular weight is 389 g/mol. The minimum absolute atomic E-state index is 0.210. The van der Waals surface area contributed by atoms with Crippen LogP contribution in [0.15, 0.2) is 36.4 Å². The summed E-state index contributed by atoms with van der Waals surface area (Å²) in [7, 11) is 0. The topological polar surface area (TPSA) is 81.5 Å². The van der Waals surface area contributed by atoms with Crippen molar-refractivity contribution in [3.63, 3.8) is 0 Å². The minimum Gasteiger partial charge on any atom is -0.482 e. The molecule has 138 valence electrons. The molecular weight excluding hydrogens is 377 g/mol. The summed E-state index contributed by atoms with van der Waals surface area (Å²) in [5, 5.41) is 12.9. The number of hydrogen-bond acceptors (Lipinski definition) is 4. The molecule has 2 rings (SSSR count). The van der Waals surface area contributed by atoms with Gasteiger partial charge in [-0.05, 0) is 30.7 Å². The molecule has 6 nitrogen and oxygen atoms in total. The lowest BCUT2D eigenvalue weighted by molar-refractivity contribution is -0.385. The quantitative estimate of drug-likeness (QED) is 0.600. The number of nitrogens with zero attached hydrogens (tertiary/aromatic N) is 1. The number of nitro groups is 1. The van der Waals surface area contributed by atoms with E-state index >= 15 is 0 Å². The largest absolute Gasteiger partial charge is 0.482 e. The summed E-state index contributed by atoms with van der Waals surface area (Å²) in [4.78, 5) is 21.6. The normalized spacial score (nSPS) is 11.1. The Morgan fingerprint density at radius 3 is 2.58 bits per heavy atom. The fourth-order valence-corrected chi connectivity index (χ4v) is 2.21. The van der Waals surface area contributed by atoms with Crippen molar-refractivity contribution in [3.05, 3.63) is 62.7 Å². The molecule has 2 aromatic carbocycles. The van der Waals surface area contributed by atoms with Crippen molar-refractivity contribution < 1.29 is 27.6 Å². The van der Waals surface area contributed by atoms with Gasteiger partial charge in [-0.1, -0.05) is 17.7 Å². The maximum absolute atomic E-state index is 13.1. The second-order valence-electron chi connectivity index (χ2n) is 5.26. The highest BCUT2D eigenvalue weighted by molar-refractivity contribution is 6.32. The number of halogens is 4. The predicted molar refractivity (Wildman–Crippen MR) is 88.4 cm³/mol. The van der Waals surface area contributed by atoms with E-state index in [2.05, 4.69) is 0 Å². The first-order valence-corrected chi connectivity index (χ1v) is 7.50. The van der Waals surface area contributed by atoms with Crippen molar-refractivity contribution >= 4 is 28.9 Å². The first-order chi connectivity index (χ1) is 12.1. The van der Waals surface area contributed by atoms with Gasteiger partial charge in [-0.25, -0.2) is 0 Å². The number of aryl methyl sites for hydroxylation is 1. The molecule has 0 fully saturated rings. The molecule has 0 aliphatic carbocycles. The number of amides is 1. The lowest BCUT2D eigenvalue weighted by Gasteiger charge is -2.14. The average Bonchev–Trinajstić information content (AvgIpc) is 2.54. The van der Waals surface area contributed by atoms with Crippen LogP contribution < -0.4 is 10.1 Å². The highest BCUT2D eigenvalue weighted by Crippen LogP contribution is 2.37. The van der Waals surface area contributed by atoms with E-state index in [4.69, 9.17) is 16.3 Å². The lowest BCUT2D eigenvalue weighted by Crippen LogP contribution is -2.22. The van der Waals surface area contributed by atoms with Crippen LogP contribution in [0.4, 0.5) is 24.5 Å². The van der Waals surface area contributed by atoms with E-state index in [1.54, 1.807) is 25.1 Å². The number of nitro benzene ring substituents is 1. The van der Waals surface area contributed by atoms with Crippen molar-refractivity contribution in [2.45, 2.75) is 13.1 Å². The van der Waals surface area contributed by atoms with Gasteiger partial charge in [0, 0.05) is 12.1 Å². The molecule has 0 aliphatic rings. The zero-order valence-electron chi connectivity index (χ0n) is 13.3. The Hall–Kier alpha value is -2.81. The number of rotatable bonds is 5. The molecule has 0 atom stereocenters. The molecule has 26 heavy (non-hydrogen) atoms. The van der Waals surface area contributed by atoms with Crippen LogP contribution in [0.5, 0.6) is 5.75 Å². The van der Waals surface area contributed by atoms with Crippen LogP contribution in [0.3, 0.4) is 0 Å². The van der Waals surface area contributed by atoms with Crippen molar-refractivity contribution in [1.29, 1.82) is 0 Å². The Labute approximate surface area is 150 Å². The van der Waals surface area contributed by atoms with Gasteiger partial charge < -0.3 is 10.1 Å². The van der Waals surface area contributed by atoms with Gasteiger partial charge in [-0.3, -0.25) is 14.9 Å². The smallest absolute Gasteiger partial charge is 0.418 e. The number of benzene rings is 2. The van der Waals surface area contributed by atoms with Gasteiger partial charge in [-0.2, -0.15) is 13.2 Å². The summed E-state index contributed by atoms with van der Waals surface area (Å²) in [6, 6.07) is 6.89. The molecule has 1 amide bonds. The summed E-state index contributed by atoms with van der Waals surface area (Å²) in [6.07, 6.45) is -4.88. The number of anilines is 1. The molecule has 0 saturated carbocycles. The first-order valence-electron chi connectivity index (χ1n) is 7.12. The second kappa shape index (κ2) is 7.61. The Kier molecular flexibility index (Phi) is 5.71. The SMILES string of the molecule is Cc1ccc(Cl)c(OCC(=O)Nc2ccc([N+](=O)[O-])cc2C(F)(F)F)c1. The molecule has 10 heteroatoms. The zero-order chi connectivity index (χ0) is 19.5. The third-order valence-corrected chi connectivity index (χ3v) is 3.55. The molecule has 0 spiro atoms. The fraction of sp³-hybridized carbons (Fsp3) is 0.188. The van der Waals surface area contributed by atoms with Crippen LogP contribution in [0.1, 0.15) is 11.1 Å². The minimum atomic E-state index is -4.88. The monoisotopic (exact) mass is 388 g/mol. The summed E-state index contributed by atoms with van der Waals surface area (Å²) in [5.74, 6) is -0.663. The number of hydrogen-bond donors (Lipinski definition) is 1. The van der Waals surface area contributed by atoms with E-state index in [0.717, 1.165) is 17.7 Å². The second-order valence-corrected chi connectivity index (χ2v) is 5.66. The standard InChI is InChI=1S/C16H12ClF3N2O4/c1-9-2-4-12(17)14(6-9)26-8-15(23)21-13-5-3-10(22(24)25)7-11(13)16(18,19)20/h2-7H,8H2,1H3,(H,21,23). The molecule has 0 unspecified atom stereocenters. The molecule has 0 heterocycles. The van der Waals surface area contributed by atoms with Crippen molar-refractivity contribution in [2.24, 2.45) is 0 Å². The third kappa shape index (κ3) is 4.85. The molecule has 0 aromatic heterocycles. The predicted octanol–water partition coefficient (Wildman–Crippen LogP) is 4.59. The number of non-ortho nitro benzene ring substituents is 1. The van der Waals surface area contributed by atoms with Crippen LogP contribution in [0, 0.1) is 17.0 Å². The Morgan fingerprint density at radius 1 is 1.27 bits per heavy atom. The van der Waals surface area contributed by atoms with Gasteiger partial charge in [0.15, 0.2) is 6.61 Å². The molecular formula is C16H12ClF3N2O4. The highest BCUT2D eigenvalue weighted by atomic mass is 35.5. The number of carbonyl (C=O) groups is 1. The lowest BCUT2D eigenvalue weighted by atomic mass is 10.1. The van der Waals surface area contributed by atoms with Gasteiger partial charge in [0.1, 0.15) is 5.75 Å². The van der Waals surface area contributed by atoms with Crippen molar-refractivity contribution in [1.82, 2.24) is 0 Å². The van der Waals surface area contributed by atoms with Gasteiger partial charge in [0.25, 0.3) is 11.6 Å². The van der Waals surface area contributed by atoms with Crippen molar-refractivity contribution in [3.8, 4) is 5.75 Å². The van der Waals surface area contributed by atoms with E-state index in [1.807, 2.05) is 5.32 Å². The molecule has 0 bridgehead atoms. The van der Waals surface area contributed by atoms with E-state index in [0.29, 0.717) is 6.07 Å². The zero-order valence-corrected chi connectivity index (χ0v) is 14.0. The first kappa shape index (κ1) is 19.5. The van der Waals surface area contributed by atoms with E-state index in [9.17, 15) is 28.1 Å². The summed E-state index contributed by atoms with van der Waals surface area (Å²) in [6.45, 7) is 1.19. The Balaban J connectivity index is 2.15. The van der Waals surface area contributed by atoms with Gasteiger partial charge in [-0.15, -0.1) is 0 Å². The maximum Gasteiger partial charge on any atom is 0.418 e. The molecule has 0 radical (unpaired) electrons. The van der Waals surface area contributed by atoms with E-state index < -0.39 is 40.6 Å². The molecule has 1 N–H and O–H groups in total. The highest BCUT2D eigenvalue weighted by Gasteiger charge is 2.35. The summed E-state index contributed by atoms with van der Waals surface area (Å²) < 4.78 is 44.4. The molecule has 2 aromatic rings. The number of alkyl halides is 3.